The normalized spacial score (nSPS) is 13.7. The number of esters is 1. The van der Waals surface area contributed by atoms with Crippen LogP contribution in [-0.2, 0) is 11.3 Å². The maximum absolute atomic E-state index is 12.7. The summed E-state index contributed by atoms with van der Waals surface area (Å²) in [5.74, 6) is 0.877. The Morgan fingerprint density at radius 1 is 1.07 bits per heavy atom. The predicted molar refractivity (Wildman–Crippen MR) is 110 cm³/mol. The minimum absolute atomic E-state index is 0.158. The molecule has 4 rings (SSSR count). The van der Waals surface area contributed by atoms with E-state index in [2.05, 4.69) is 4.98 Å². The summed E-state index contributed by atoms with van der Waals surface area (Å²) >= 11 is 0. The number of hydrogen-bond donors (Lipinski definition) is 0. The van der Waals surface area contributed by atoms with Crippen LogP contribution in [0.1, 0.15) is 37.4 Å². The molecule has 6 nitrogen and oxygen atoms in total. The number of pyridine rings is 1. The van der Waals surface area contributed by atoms with Gasteiger partial charge in [0.1, 0.15) is 18.1 Å². The fourth-order valence-electron chi connectivity index (χ4n) is 3.15. The van der Waals surface area contributed by atoms with E-state index in [9.17, 15) is 9.59 Å². The zero-order chi connectivity index (χ0) is 21.1. The maximum Gasteiger partial charge on any atom is 0.337 e. The van der Waals surface area contributed by atoms with Crippen molar-refractivity contribution in [1.29, 1.82) is 0 Å². The third-order valence-electron chi connectivity index (χ3n) is 4.81. The van der Waals surface area contributed by atoms with Crippen LogP contribution in [0.4, 0.5) is 0 Å². The van der Waals surface area contributed by atoms with E-state index in [4.69, 9.17) is 14.2 Å². The van der Waals surface area contributed by atoms with Gasteiger partial charge in [-0.2, -0.15) is 0 Å². The summed E-state index contributed by atoms with van der Waals surface area (Å²) in [6.45, 7) is 2.17. The van der Waals surface area contributed by atoms with E-state index in [0.717, 1.165) is 16.7 Å². The standard InChI is InChI=1S/C24H19NO5/c1-15-20(29-14-17-3-5-18(6-4-17)24(27)28-2)8-7-19-22(26)21(30-23(15)19)13-16-9-11-25-12-10-16/h3-13H,14H2,1-2H3/b21-13-. The number of ether oxygens (including phenoxy) is 3. The van der Waals surface area contributed by atoms with E-state index >= 15 is 0 Å². The molecule has 30 heavy (non-hydrogen) atoms. The first kappa shape index (κ1) is 19.4. The van der Waals surface area contributed by atoms with Gasteiger partial charge in [0.25, 0.3) is 0 Å². The lowest BCUT2D eigenvalue weighted by atomic mass is 10.1. The SMILES string of the molecule is COC(=O)c1ccc(COc2ccc3c(c2C)O/C(=C\c2ccncc2)C3=O)cc1. The van der Waals surface area contributed by atoms with E-state index < -0.39 is 0 Å². The molecule has 0 spiro atoms. The van der Waals surface area contributed by atoms with Crippen LogP contribution < -0.4 is 9.47 Å². The number of ketones is 1. The lowest BCUT2D eigenvalue weighted by Crippen LogP contribution is -2.02. The molecule has 0 saturated heterocycles. The lowest BCUT2D eigenvalue weighted by molar-refractivity contribution is 0.0600. The molecule has 0 bridgehead atoms. The number of aromatic nitrogens is 1. The zero-order valence-corrected chi connectivity index (χ0v) is 16.5. The van der Waals surface area contributed by atoms with Crippen molar-refractivity contribution >= 4 is 17.8 Å². The molecular weight excluding hydrogens is 382 g/mol. The van der Waals surface area contributed by atoms with Crippen LogP contribution >= 0.6 is 0 Å². The molecule has 3 aromatic rings. The Kier molecular flexibility index (Phi) is 5.30. The number of carbonyl (C=O) groups excluding carboxylic acids is 2. The Balaban J connectivity index is 1.50. The van der Waals surface area contributed by atoms with Gasteiger partial charge in [-0.05, 0) is 60.5 Å². The summed E-state index contributed by atoms with van der Waals surface area (Å²) in [5.41, 5.74) is 3.49. The molecule has 2 heterocycles. The zero-order valence-electron chi connectivity index (χ0n) is 16.5. The van der Waals surface area contributed by atoms with Crippen LogP contribution in [0, 0.1) is 6.92 Å². The Morgan fingerprint density at radius 3 is 2.50 bits per heavy atom. The Bertz CT molecular complexity index is 1130. The molecule has 1 aliphatic heterocycles. The van der Waals surface area contributed by atoms with E-state index in [-0.39, 0.29) is 17.5 Å². The summed E-state index contributed by atoms with van der Waals surface area (Å²) < 4.78 is 16.5. The lowest BCUT2D eigenvalue weighted by Gasteiger charge is -2.11. The average molecular weight is 401 g/mol. The molecule has 0 aliphatic carbocycles. The van der Waals surface area contributed by atoms with Crippen molar-refractivity contribution in [3.63, 3.8) is 0 Å². The van der Waals surface area contributed by atoms with Gasteiger partial charge in [0, 0.05) is 18.0 Å². The van der Waals surface area contributed by atoms with E-state index in [0.29, 0.717) is 29.2 Å². The van der Waals surface area contributed by atoms with E-state index in [1.54, 1.807) is 54.9 Å². The molecule has 0 fully saturated rings. The number of nitrogens with zero attached hydrogens (tertiary/aromatic N) is 1. The Morgan fingerprint density at radius 2 is 1.80 bits per heavy atom. The average Bonchev–Trinajstić information content (AvgIpc) is 3.10. The summed E-state index contributed by atoms with van der Waals surface area (Å²) in [6.07, 6.45) is 5.02. The summed E-state index contributed by atoms with van der Waals surface area (Å²) in [7, 11) is 1.35. The first-order valence-electron chi connectivity index (χ1n) is 9.35. The summed E-state index contributed by atoms with van der Waals surface area (Å²) in [6, 6.07) is 14.1. The molecule has 0 unspecified atom stereocenters. The van der Waals surface area contributed by atoms with Gasteiger partial charge >= 0.3 is 5.97 Å². The topological polar surface area (TPSA) is 74.7 Å². The minimum atomic E-state index is -0.380. The monoisotopic (exact) mass is 401 g/mol. The van der Waals surface area contributed by atoms with Crippen LogP contribution in [0.25, 0.3) is 6.08 Å². The van der Waals surface area contributed by atoms with Crippen LogP contribution in [-0.4, -0.2) is 23.8 Å². The van der Waals surface area contributed by atoms with Crippen molar-refractivity contribution in [3.05, 3.63) is 94.5 Å². The van der Waals surface area contributed by atoms with Crippen molar-refractivity contribution < 1.29 is 23.8 Å². The predicted octanol–water partition coefficient (Wildman–Crippen LogP) is 4.37. The maximum atomic E-state index is 12.7. The fourth-order valence-corrected chi connectivity index (χ4v) is 3.15. The second kappa shape index (κ2) is 8.21. The van der Waals surface area contributed by atoms with Gasteiger partial charge in [-0.1, -0.05) is 12.1 Å². The van der Waals surface area contributed by atoms with Crippen LogP contribution in [0.5, 0.6) is 11.5 Å². The number of benzene rings is 2. The molecule has 0 atom stereocenters. The molecule has 0 N–H and O–H groups in total. The number of Topliss-reactive ketones (excluding diaryl/α,β-unsaturated/α-hetero) is 1. The number of carbonyl (C=O) groups is 2. The van der Waals surface area contributed by atoms with Crippen molar-refractivity contribution in [2.24, 2.45) is 0 Å². The highest BCUT2D eigenvalue weighted by Crippen LogP contribution is 2.39. The second-order valence-corrected chi connectivity index (χ2v) is 6.76. The second-order valence-electron chi connectivity index (χ2n) is 6.76. The quantitative estimate of drug-likeness (QED) is 0.467. The fraction of sp³-hybridized carbons (Fsp3) is 0.125. The van der Waals surface area contributed by atoms with Crippen molar-refractivity contribution in [1.82, 2.24) is 4.98 Å². The Labute approximate surface area is 173 Å². The molecule has 150 valence electrons. The summed E-state index contributed by atoms with van der Waals surface area (Å²) in [4.78, 5) is 28.2. The summed E-state index contributed by atoms with van der Waals surface area (Å²) in [5, 5.41) is 0. The number of hydrogen-bond acceptors (Lipinski definition) is 6. The third-order valence-corrected chi connectivity index (χ3v) is 4.81. The molecular formula is C24H19NO5. The first-order valence-corrected chi connectivity index (χ1v) is 9.35. The van der Waals surface area contributed by atoms with Crippen LogP contribution in [0.3, 0.4) is 0 Å². The molecule has 0 radical (unpaired) electrons. The largest absolute Gasteiger partial charge is 0.488 e. The van der Waals surface area contributed by atoms with Gasteiger partial charge in [0.2, 0.25) is 5.78 Å². The number of rotatable bonds is 5. The van der Waals surface area contributed by atoms with Gasteiger partial charge < -0.3 is 14.2 Å². The van der Waals surface area contributed by atoms with Crippen molar-refractivity contribution in [2.75, 3.05) is 7.11 Å². The third kappa shape index (κ3) is 3.80. The van der Waals surface area contributed by atoms with Crippen LogP contribution in [0.2, 0.25) is 0 Å². The van der Waals surface area contributed by atoms with Gasteiger partial charge in [0.05, 0.1) is 18.2 Å². The highest BCUT2D eigenvalue weighted by Gasteiger charge is 2.30. The van der Waals surface area contributed by atoms with Gasteiger partial charge in [-0.25, -0.2) is 4.79 Å². The molecule has 0 amide bonds. The molecule has 6 heteroatoms. The number of fused-ring (bicyclic) bond motifs is 1. The molecule has 2 aromatic carbocycles. The molecule has 1 aliphatic rings. The molecule has 1 aromatic heterocycles. The minimum Gasteiger partial charge on any atom is -0.488 e. The van der Waals surface area contributed by atoms with Crippen molar-refractivity contribution in [2.45, 2.75) is 13.5 Å². The van der Waals surface area contributed by atoms with Gasteiger partial charge in [-0.15, -0.1) is 0 Å². The first-order chi connectivity index (χ1) is 14.6. The highest BCUT2D eigenvalue weighted by molar-refractivity contribution is 6.14. The smallest absolute Gasteiger partial charge is 0.337 e. The van der Waals surface area contributed by atoms with Gasteiger partial charge in [0.15, 0.2) is 5.76 Å². The number of allylic oxidation sites excluding steroid dienone is 1. The van der Waals surface area contributed by atoms with Gasteiger partial charge in [-0.3, -0.25) is 9.78 Å². The number of methoxy groups -OCH3 is 1. The highest BCUT2D eigenvalue weighted by atomic mass is 16.5. The van der Waals surface area contributed by atoms with E-state index in [1.807, 2.05) is 19.1 Å². The van der Waals surface area contributed by atoms with Crippen molar-refractivity contribution in [3.8, 4) is 11.5 Å². The van der Waals surface area contributed by atoms with E-state index in [1.165, 1.54) is 7.11 Å². The van der Waals surface area contributed by atoms with Crippen LogP contribution in [0.15, 0.2) is 66.7 Å². The molecule has 0 saturated carbocycles. The Hall–Kier alpha value is -3.93.